The lowest BCUT2D eigenvalue weighted by Gasteiger charge is -2.15. The van der Waals surface area contributed by atoms with E-state index in [1.165, 1.54) is 60.7 Å². The molecule has 4 aromatic carbocycles. The van der Waals surface area contributed by atoms with Crippen LogP contribution in [0.4, 0.5) is 0 Å². The molecule has 8 nitrogen and oxygen atoms in total. The van der Waals surface area contributed by atoms with Crippen LogP contribution in [0.3, 0.4) is 0 Å². The number of hydrogen-bond donors (Lipinski definition) is 6. The number of para-hydroxylation sites is 4. The Kier molecular flexibility index (Phi) is 5.56. The van der Waals surface area contributed by atoms with Crippen molar-refractivity contribution in [3.8, 4) is 56.4 Å². The van der Waals surface area contributed by atoms with Crippen molar-refractivity contribution in [3.63, 3.8) is 0 Å². The van der Waals surface area contributed by atoms with Crippen molar-refractivity contribution < 1.29 is 40.2 Å². The van der Waals surface area contributed by atoms with Gasteiger partial charge in [-0.15, -0.1) is 0 Å². The number of carboxylic acid groups (broad SMARTS) is 2. The van der Waals surface area contributed by atoms with Gasteiger partial charge in [0, 0.05) is 33.4 Å². The molecule has 0 radical (unpaired) electrons. The Morgan fingerprint density at radius 3 is 0.912 bits per heavy atom. The van der Waals surface area contributed by atoms with Gasteiger partial charge in [-0.05, 0) is 12.1 Å². The third-order valence-corrected chi connectivity index (χ3v) is 5.48. The summed E-state index contributed by atoms with van der Waals surface area (Å²) in [7, 11) is 0. The molecule has 4 rings (SSSR count). The van der Waals surface area contributed by atoms with E-state index in [0.717, 1.165) is 0 Å². The van der Waals surface area contributed by atoms with Gasteiger partial charge in [0.2, 0.25) is 0 Å². The van der Waals surface area contributed by atoms with Crippen molar-refractivity contribution in [3.05, 3.63) is 83.9 Å². The van der Waals surface area contributed by atoms with E-state index in [9.17, 15) is 40.2 Å². The number of hydrogen-bond acceptors (Lipinski definition) is 6. The highest BCUT2D eigenvalue weighted by atomic mass is 16.4. The summed E-state index contributed by atoms with van der Waals surface area (Å²) in [5, 5.41) is 61.4. The Morgan fingerprint density at radius 1 is 0.412 bits per heavy atom. The van der Waals surface area contributed by atoms with Gasteiger partial charge in [-0.25, -0.2) is 9.59 Å². The fourth-order valence-corrected chi connectivity index (χ4v) is 3.82. The van der Waals surface area contributed by atoms with Crippen LogP contribution in [0, 0.1) is 0 Å². The van der Waals surface area contributed by atoms with Crippen LogP contribution in [0.15, 0.2) is 72.8 Å². The average molecular weight is 458 g/mol. The van der Waals surface area contributed by atoms with E-state index < -0.39 is 23.4 Å². The molecule has 0 aliphatic heterocycles. The van der Waals surface area contributed by atoms with Crippen molar-refractivity contribution in [2.75, 3.05) is 0 Å². The van der Waals surface area contributed by atoms with E-state index in [1.54, 1.807) is 12.1 Å². The lowest BCUT2D eigenvalue weighted by molar-refractivity contribution is 0.0682. The van der Waals surface area contributed by atoms with Crippen LogP contribution in [0.2, 0.25) is 0 Å². The summed E-state index contributed by atoms with van der Waals surface area (Å²) in [5.41, 5.74) is 0.124. The third-order valence-electron chi connectivity index (χ3n) is 5.48. The Bertz CT molecular complexity index is 1340. The van der Waals surface area contributed by atoms with E-state index in [1.807, 2.05) is 0 Å². The monoisotopic (exact) mass is 458 g/mol. The predicted octanol–water partition coefficient (Wildman–Crippen LogP) is 4.91. The SMILES string of the molecule is O=C(O)c1cccc(-c2cccc(-c3cccc(-c4cccc(C(=O)O)c4O)c3O)c2O)c1O. The van der Waals surface area contributed by atoms with Gasteiger partial charge >= 0.3 is 11.9 Å². The molecule has 0 saturated carbocycles. The number of phenols is 4. The highest BCUT2D eigenvalue weighted by Crippen LogP contribution is 2.47. The van der Waals surface area contributed by atoms with Gasteiger partial charge in [-0.1, -0.05) is 60.7 Å². The average Bonchev–Trinajstić information content (AvgIpc) is 2.80. The summed E-state index contributed by atoms with van der Waals surface area (Å²) < 4.78 is 0. The highest BCUT2D eigenvalue weighted by molar-refractivity contribution is 5.97. The van der Waals surface area contributed by atoms with Crippen molar-refractivity contribution in [2.45, 2.75) is 0 Å². The van der Waals surface area contributed by atoms with Gasteiger partial charge in [0.25, 0.3) is 0 Å². The molecule has 0 aliphatic carbocycles. The summed E-state index contributed by atoms with van der Waals surface area (Å²) in [5.74, 6) is -4.34. The van der Waals surface area contributed by atoms with E-state index >= 15 is 0 Å². The molecule has 0 spiro atoms. The fraction of sp³-hybridized carbons (Fsp3) is 0. The minimum atomic E-state index is -1.33. The molecular formula is C26H18O8. The number of rotatable bonds is 5. The van der Waals surface area contributed by atoms with Crippen LogP contribution < -0.4 is 0 Å². The molecule has 0 aliphatic rings. The van der Waals surface area contributed by atoms with Crippen LogP contribution >= 0.6 is 0 Å². The quantitative estimate of drug-likeness (QED) is 0.246. The van der Waals surface area contributed by atoms with E-state index in [4.69, 9.17) is 0 Å². The Balaban J connectivity index is 1.90. The normalized spacial score (nSPS) is 10.7. The molecule has 0 atom stereocenters. The molecule has 34 heavy (non-hydrogen) atoms. The zero-order valence-electron chi connectivity index (χ0n) is 17.4. The lowest BCUT2D eigenvalue weighted by atomic mass is 9.92. The first-order valence-corrected chi connectivity index (χ1v) is 9.98. The maximum Gasteiger partial charge on any atom is 0.339 e. The first kappa shape index (κ1) is 22.2. The third kappa shape index (κ3) is 3.63. The van der Waals surface area contributed by atoms with Gasteiger partial charge in [-0.3, -0.25) is 0 Å². The van der Waals surface area contributed by atoms with Crippen molar-refractivity contribution in [1.29, 1.82) is 0 Å². The Labute approximate surface area is 192 Å². The molecule has 0 amide bonds. The first-order valence-electron chi connectivity index (χ1n) is 9.98. The number of carbonyl (C=O) groups is 2. The number of carboxylic acids is 2. The topological polar surface area (TPSA) is 156 Å². The van der Waals surface area contributed by atoms with Gasteiger partial charge in [-0.2, -0.15) is 0 Å². The van der Waals surface area contributed by atoms with Gasteiger partial charge in [0.15, 0.2) is 0 Å². The number of aromatic hydroxyl groups is 4. The summed E-state index contributed by atoms with van der Waals surface area (Å²) in [4.78, 5) is 22.8. The molecular weight excluding hydrogens is 440 g/mol. The summed E-state index contributed by atoms with van der Waals surface area (Å²) in [6.45, 7) is 0. The second kappa shape index (κ2) is 8.51. The number of phenolic OH excluding ortho intramolecular Hbond substituents is 2. The smallest absolute Gasteiger partial charge is 0.339 e. The second-order valence-corrected chi connectivity index (χ2v) is 7.42. The first-order chi connectivity index (χ1) is 16.2. The van der Waals surface area contributed by atoms with Crippen LogP contribution in [0.5, 0.6) is 23.0 Å². The highest BCUT2D eigenvalue weighted by Gasteiger charge is 2.22. The largest absolute Gasteiger partial charge is 0.507 e. The minimum Gasteiger partial charge on any atom is -0.507 e. The lowest BCUT2D eigenvalue weighted by Crippen LogP contribution is -1.98. The van der Waals surface area contributed by atoms with Gasteiger partial charge in [0.1, 0.15) is 34.1 Å². The summed E-state index contributed by atoms with van der Waals surface area (Å²) in [6.07, 6.45) is 0. The zero-order valence-corrected chi connectivity index (χ0v) is 17.4. The van der Waals surface area contributed by atoms with E-state index in [2.05, 4.69) is 0 Å². The van der Waals surface area contributed by atoms with Crippen molar-refractivity contribution >= 4 is 11.9 Å². The van der Waals surface area contributed by atoms with Crippen LogP contribution in [-0.2, 0) is 0 Å². The second-order valence-electron chi connectivity index (χ2n) is 7.42. The number of benzene rings is 4. The molecule has 0 fully saturated rings. The Hall–Kier alpha value is -4.98. The Morgan fingerprint density at radius 2 is 0.647 bits per heavy atom. The standard InChI is InChI=1S/C26H18O8/c27-21-13(5-1-7-15(21)17-9-3-11-19(23(17)29)25(31)32)14-6-2-8-16(22(14)28)18-10-4-12-20(24(18)30)26(33)34/h1-12,27-30H,(H,31,32)(H,33,34). The number of aromatic carboxylic acids is 2. The molecule has 8 heteroatoms. The van der Waals surface area contributed by atoms with E-state index in [-0.39, 0.29) is 56.0 Å². The molecule has 0 aromatic heterocycles. The van der Waals surface area contributed by atoms with Gasteiger partial charge < -0.3 is 30.6 Å². The molecule has 0 heterocycles. The molecule has 0 bridgehead atoms. The molecule has 0 saturated heterocycles. The fourth-order valence-electron chi connectivity index (χ4n) is 3.82. The maximum atomic E-state index is 11.4. The molecule has 170 valence electrons. The molecule has 4 aromatic rings. The van der Waals surface area contributed by atoms with Crippen molar-refractivity contribution in [1.82, 2.24) is 0 Å². The van der Waals surface area contributed by atoms with Crippen LogP contribution in [0.1, 0.15) is 20.7 Å². The molecule has 6 N–H and O–H groups in total. The summed E-state index contributed by atoms with van der Waals surface area (Å²) >= 11 is 0. The zero-order chi connectivity index (χ0) is 24.6. The maximum absolute atomic E-state index is 11.4. The van der Waals surface area contributed by atoms with E-state index in [0.29, 0.717) is 0 Å². The molecule has 0 unspecified atom stereocenters. The minimum absolute atomic E-state index is 0.0849. The van der Waals surface area contributed by atoms with Crippen LogP contribution in [0.25, 0.3) is 33.4 Å². The van der Waals surface area contributed by atoms with Crippen LogP contribution in [-0.4, -0.2) is 42.6 Å². The summed E-state index contributed by atoms with van der Waals surface area (Å²) in [6, 6.07) is 17.4. The van der Waals surface area contributed by atoms with Gasteiger partial charge in [0.05, 0.1) is 0 Å². The predicted molar refractivity (Wildman–Crippen MR) is 123 cm³/mol. The van der Waals surface area contributed by atoms with Crippen molar-refractivity contribution in [2.24, 2.45) is 0 Å².